The van der Waals surface area contributed by atoms with Crippen LogP contribution in [0, 0.1) is 23.7 Å². The third-order valence-corrected chi connectivity index (χ3v) is 12.3. The van der Waals surface area contributed by atoms with Crippen molar-refractivity contribution in [2.75, 3.05) is 32.0 Å². The lowest BCUT2D eigenvalue weighted by molar-refractivity contribution is -0.298. The van der Waals surface area contributed by atoms with Crippen molar-refractivity contribution in [2.45, 2.75) is 148 Å². The van der Waals surface area contributed by atoms with Crippen LogP contribution < -0.4 is 5.32 Å². The molecule has 2 amide bonds. The van der Waals surface area contributed by atoms with E-state index in [9.17, 15) is 35.1 Å². The van der Waals surface area contributed by atoms with Gasteiger partial charge in [0, 0.05) is 44.0 Å². The Morgan fingerprint density at radius 1 is 1.00 bits per heavy atom. The van der Waals surface area contributed by atoms with Crippen molar-refractivity contribution in [3.05, 3.63) is 42.5 Å². The number of benzene rings is 2. The van der Waals surface area contributed by atoms with E-state index in [2.05, 4.69) is 5.32 Å². The molecule has 0 saturated carbocycles. The SMILES string of the molecule is CC[C@H]1OC(=O)[C@H](C)[C@@H](O)[C@H](C)[C@@H](O[C@H]2O[C@@H](C)C[C@@H](C)[C@@H]2O)[C@](C)(O)C[C@@H](C)CN(CCCN(C)C(=O)Nc2cccc3ccccc23)[C@H](C)[C@@H](O)[C@]1(C)O. The molecule has 2 aliphatic heterocycles. The maximum atomic E-state index is 13.6. The minimum Gasteiger partial charge on any atom is -0.459 e. The summed E-state index contributed by atoms with van der Waals surface area (Å²) in [6, 6.07) is 12.7. The lowest BCUT2D eigenvalue weighted by Crippen LogP contribution is -2.59. The van der Waals surface area contributed by atoms with E-state index >= 15 is 0 Å². The zero-order valence-corrected chi connectivity index (χ0v) is 35.1. The smallest absolute Gasteiger partial charge is 0.321 e. The van der Waals surface area contributed by atoms with Crippen molar-refractivity contribution in [1.29, 1.82) is 0 Å². The highest BCUT2D eigenvalue weighted by molar-refractivity contribution is 6.01. The lowest BCUT2D eigenvalue weighted by Gasteiger charge is -2.45. The van der Waals surface area contributed by atoms with Crippen LogP contribution in [0.15, 0.2) is 42.5 Å². The second kappa shape index (κ2) is 19.2. The largest absolute Gasteiger partial charge is 0.459 e. The Kier molecular flexibility index (Phi) is 15.7. The Labute approximate surface area is 333 Å². The Morgan fingerprint density at radius 3 is 2.34 bits per heavy atom. The number of esters is 1. The predicted molar refractivity (Wildman–Crippen MR) is 216 cm³/mol. The summed E-state index contributed by atoms with van der Waals surface area (Å²) in [6.45, 7) is 16.8. The standard InChI is InChI=1S/C43H69N3O10/c1-11-34-43(9,53)37(49)30(7)46(21-15-20-45(10)41(51)44-33-19-14-17-31-16-12-13-18-32(31)33)24-25(2)23-42(8,52)38(28(5)36(48)29(6)39(50)55-34)56-40-35(47)26(3)22-27(4)54-40/h12-14,16-19,25-30,34-38,40,47-49,52-53H,11,15,20-24H2,1-10H3,(H,44,51)/t25-,26-,27+,28+,29-,30-,34-,35+,36+,37-,38-,40-,42-,43-/m1/s1. The quantitative estimate of drug-likeness (QED) is 0.203. The van der Waals surface area contributed by atoms with Crippen LogP contribution in [0.3, 0.4) is 0 Å². The van der Waals surface area contributed by atoms with Crippen LogP contribution in [0.1, 0.15) is 88.0 Å². The average Bonchev–Trinajstić information content (AvgIpc) is 3.14. The van der Waals surface area contributed by atoms with Crippen LogP contribution in [0.5, 0.6) is 0 Å². The number of carbonyl (C=O) groups is 2. The zero-order valence-electron chi connectivity index (χ0n) is 35.1. The molecule has 2 heterocycles. The third-order valence-electron chi connectivity index (χ3n) is 12.3. The van der Waals surface area contributed by atoms with E-state index in [-0.39, 0.29) is 36.8 Å². The molecule has 0 unspecified atom stereocenters. The number of cyclic esters (lactones) is 1. The highest BCUT2D eigenvalue weighted by Gasteiger charge is 2.49. The second-order valence-electron chi connectivity index (χ2n) is 17.4. The molecule has 13 nitrogen and oxygen atoms in total. The first-order valence-electron chi connectivity index (χ1n) is 20.4. The molecule has 13 heteroatoms. The Morgan fingerprint density at radius 2 is 1.66 bits per heavy atom. The molecule has 0 radical (unpaired) electrons. The molecule has 0 aliphatic carbocycles. The summed E-state index contributed by atoms with van der Waals surface area (Å²) in [6.07, 6.45) is -5.60. The number of nitrogens with one attached hydrogen (secondary N) is 1. The van der Waals surface area contributed by atoms with Crippen LogP contribution in [0.4, 0.5) is 10.5 Å². The van der Waals surface area contributed by atoms with E-state index < -0.39 is 71.9 Å². The summed E-state index contributed by atoms with van der Waals surface area (Å²) in [5.74, 6) is -3.03. The first-order valence-corrected chi connectivity index (χ1v) is 20.4. The molecule has 4 rings (SSSR count). The lowest BCUT2D eigenvalue weighted by atomic mass is 9.78. The number of aliphatic hydroxyl groups excluding tert-OH is 3. The van der Waals surface area contributed by atoms with Gasteiger partial charge in [-0.2, -0.15) is 0 Å². The summed E-state index contributed by atoms with van der Waals surface area (Å²) in [7, 11) is 1.72. The number of aliphatic hydroxyl groups is 5. The van der Waals surface area contributed by atoms with Gasteiger partial charge in [0.25, 0.3) is 0 Å². The topological polar surface area (TPSA) is 181 Å². The van der Waals surface area contributed by atoms with Gasteiger partial charge in [-0.25, -0.2) is 4.79 Å². The molecular weight excluding hydrogens is 718 g/mol. The fourth-order valence-corrected chi connectivity index (χ4v) is 8.81. The Bertz CT molecular complexity index is 1580. The van der Waals surface area contributed by atoms with Crippen molar-refractivity contribution in [2.24, 2.45) is 23.7 Å². The average molecular weight is 788 g/mol. The van der Waals surface area contributed by atoms with Crippen LogP contribution in [-0.2, 0) is 19.0 Å². The van der Waals surface area contributed by atoms with E-state index in [4.69, 9.17) is 14.2 Å². The molecular formula is C43H69N3O10. The summed E-state index contributed by atoms with van der Waals surface area (Å²) in [5, 5.41) is 63.6. The molecule has 2 aromatic rings. The molecule has 316 valence electrons. The monoisotopic (exact) mass is 787 g/mol. The van der Waals surface area contributed by atoms with Crippen LogP contribution in [0.25, 0.3) is 10.8 Å². The Hall–Kier alpha value is -2.88. The summed E-state index contributed by atoms with van der Waals surface area (Å²) < 4.78 is 18.3. The number of carbonyl (C=O) groups excluding carboxylic acids is 2. The number of anilines is 1. The molecule has 2 aromatic carbocycles. The van der Waals surface area contributed by atoms with E-state index in [1.807, 2.05) is 68.1 Å². The third kappa shape index (κ3) is 10.8. The number of hydrogen-bond donors (Lipinski definition) is 6. The minimum atomic E-state index is -1.87. The van der Waals surface area contributed by atoms with Gasteiger partial charge < -0.3 is 50.0 Å². The van der Waals surface area contributed by atoms with Gasteiger partial charge in [0.05, 0.1) is 35.5 Å². The highest BCUT2D eigenvalue weighted by Crippen LogP contribution is 2.37. The summed E-state index contributed by atoms with van der Waals surface area (Å²) in [5.41, 5.74) is -2.74. The number of hydrogen-bond acceptors (Lipinski definition) is 11. The van der Waals surface area contributed by atoms with Crippen LogP contribution in [0.2, 0.25) is 0 Å². The van der Waals surface area contributed by atoms with Gasteiger partial charge in [0.1, 0.15) is 23.9 Å². The minimum absolute atomic E-state index is 0.132. The fourth-order valence-electron chi connectivity index (χ4n) is 8.81. The van der Waals surface area contributed by atoms with E-state index in [0.29, 0.717) is 38.2 Å². The van der Waals surface area contributed by atoms with Crippen molar-refractivity contribution < 1.29 is 49.3 Å². The number of fused-ring (bicyclic) bond motifs is 1. The van der Waals surface area contributed by atoms with E-state index in [1.54, 1.807) is 39.6 Å². The molecule has 2 aliphatic rings. The van der Waals surface area contributed by atoms with E-state index in [0.717, 1.165) is 10.8 Å². The molecule has 0 bridgehead atoms. The second-order valence-corrected chi connectivity index (χ2v) is 17.4. The van der Waals surface area contributed by atoms with Gasteiger partial charge in [-0.05, 0) is 83.6 Å². The first-order chi connectivity index (χ1) is 26.2. The normalized spacial score (nSPS) is 38.3. The van der Waals surface area contributed by atoms with Gasteiger partial charge in [-0.15, -0.1) is 0 Å². The molecule has 2 saturated heterocycles. The van der Waals surface area contributed by atoms with Crippen molar-refractivity contribution >= 4 is 28.5 Å². The van der Waals surface area contributed by atoms with Crippen molar-refractivity contribution in [3.63, 3.8) is 0 Å². The van der Waals surface area contributed by atoms with Crippen molar-refractivity contribution in [3.8, 4) is 0 Å². The summed E-state index contributed by atoms with van der Waals surface area (Å²) >= 11 is 0. The van der Waals surface area contributed by atoms with Gasteiger partial charge >= 0.3 is 12.0 Å². The number of ether oxygens (including phenoxy) is 3. The molecule has 2 fully saturated rings. The number of amides is 2. The molecule has 56 heavy (non-hydrogen) atoms. The maximum Gasteiger partial charge on any atom is 0.321 e. The van der Waals surface area contributed by atoms with Gasteiger partial charge in [-0.1, -0.05) is 64.1 Å². The zero-order chi connectivity index (χ0) is 41.7. The predicted octanol–water partition coefficient (Wildman–Crippen LogP) is 4.76. The van der Waals surface area contributed by atoms with Crippen LogP contribution >= 0.6 is 0 Å². The number of rotatable bonds is 8. The van der Waals surface area contributed by atoms with Crippen molar-refractivity contribution in [1.82, 2.24) is 9.80 Å². The maximum absolute atomic E-state index is 13.6. The van der Waals surface area contributed by atoms with E-state index in [1.165, 1.54) is 13.8 Å². The summed E-state index contributed by atoms with van der Waals surface area (Å²) in [4.78, 5) is 30.6. The first kappa shape index (κ1) is 45.8. The molecule has 0 spiro atoms. The number of nitrogens with zero attached hydrogens (tertiary/aromatic N) is 2. The van der Waals surface area contributed by atoms with Gasteiger partial charge in [0.2, 0.25) is 0 Å². The molecule has 14 atom stereocenters. The van der Waals surface area contributed by atoms with Gasteiger partial charge in [-0.3, -0.25) is 9.69 Å². The molecule has 0 aromatic heterocycles. The number of urea groups is 1. The van der Waals surface area contributed by atoms with Crippen LogP contribution in [-0.4, -0.2) is 134 Å². The Balaban J connectivity index is 1.60. The highest BCUT2D eigenvalue weighted by atomic mass is 16.7. The molecule has 6 N–H and O–H groups in total. The van der Waals surface area contributed by atoms with Gasteiger partial charge in [0.15, 0.2) is 6.29 Å². The fraction of sp³-hybridized carbons (Fsp3) is 0.721.